The van der Waals surface area contributed by atoms with Crippen LogP contribution in [0.25, 0.3) is 0 Å². The third kappa shape index (κ3) is 64.8. The number of phosphoric acid groups is 2. The molecule has 0 aliphatic rings. The number of unbranched alkanes of at least 4 members (excludes halogenated alkanes) is 46. The molecule has 534 valence electrons. The third-order valence-corrected chi connectivity index (χ3v) is 18.5. The zero-order valence-corrected chi connectivity index (χ0v) is 59.9. The van der Waals surface area contributed by atoms with Crippen molar-refractivity contribution in [2.75, 3.05) is 39.6 Å². The summed E-state index contributed by atoms with van der Waals surface area (Å²) in [6, 6.07) is 0. The Bertz CT molecular complexity index is 1720. The Labute approximate surface area is 549 Å². The number of hydrogen-bond acceptors (Lipinski definition) is 15. The van der Waals surface area contributed by atoms with E-state index in [0.29, 0.717) is 25.7 Å². The maximum absolute atomic E-state index is 13.0. The second kappa shape index (κ2) is 65.7. The molecule has 0 radical (unpaired) electrons. The largest absolute Gasteiger partial charge is 0.472 e. The quantitative estimate of drug-likeness (QED) is 0.0222. The molecule has 0 heterocycles. The van der Waals surface area contributed by atoms with E-state index in [0.717, 1.165) is 89.9 Å². The molecule has 17 nitrogen and oxygen atoms in total. The summed E-state index contributed by atoms with van der Waals surface area (Å²) in [7, 11) is -9.90. The predicted octanol–water partition coefficient (Wildman–Crippen LogP) is 20.7. The fraction of sp³-hybridized carbons (Fsp3) is 0.944. The molecule has 0 fully saturated rings. The van der Waals surface area contributed by atoms with Gasteiger partial charge in [0.15, 0.2) is 12.2 Å². The van der Waals surface area contributed by atoms with Crippen molar-refractivity contribution < 1.29 is 80.2 Å². The summed E-state index contributed by atoms with van der Waals surface area (Å²) in [4.78, 5) is 72.5. The summed E-state index contributed by atoms with van der Waals surface area (Å²) in [5.41, 5.74) is 0. The van der Waals surface area contributed by atoms with Gasteiger partial charge in [-0.25, -0.2) is 9.13 Å². The summed E-state index contributed by atoms with van der Waals surface area (Å²) in [6.45, 7) is 4.94. The van der Waals surface area contributed by atoms with Crippen LogP contribution in [-0.4, -0.2) is 96.7 Å². The molecule has 19 heteroatoms. The van der Waals surface area contributed by atoms with E-state index in [2.05, 4.69) is 27.7 Å². The molecular formula is C71H138O17P2. The number of aliphatic hydroxyl groups is 1. The molecular weight excluding hydrogens is 1190 g/mol. The Morgan fingerprint density at radius 1 is 0.267 bits per heavy atom. The number of esters is 4. The first-order chi connectivity index (χ1) is 43.7. The van der Waals surface area contributed by atoms with Gasteiger partial charge in [0.2, 0.25) is 0 Å². The van der Waals surface area contributed by atoms with Crippen molar-refractivity contribution in [3.05, 3.63) is 0 Å². The molecule has 3 N–H and O–H groups in total. The van der Waals surface area contributed by atoms with E-state index >= 15 is 0 Å². The minimum atomic E-state index is -4.95. The summed E-state index contributed by atoms with van der Waals surface area (Å²) in [6.07, 6.45) is 53.9. The average Bonchev–Trinajstić information content (AvgIpc) is 3.47. The van der Waals surface area contributed by atoms with Crippen LogP contribution in [0.2, 0.25) is 0 Å². The molecule has 0 spiro atoms. The van der Waals surface area contributed by atoms with Crippen LogP contribution in [0.5, 0.6) is 0 Å². The van der Waals surface area contributed by atoms with Crippen molar-refractivity contribution in [3.8, 4) is 0 Å². The second-order valence-electron chi connectivity index (χ2n) is 25.6. The smallest absolute Gasteiger partial charge is 0.462 e. The van der Waals surface area contributed by atoms with E-state index in [1.807, 2.05) is 0 Å². The molecule has 0 aromatic heterocycles. The van der Waals surface area contributed by atoms with Gasteiger partial charge in [-0.05, 0) is 25.7 Å². The second-order valence-corrected chi connectivity index (χ2v) is 28.5. The molecule has 0 aromatic rings. The van der Waals surface area contributed by atoms with E-state index in [9.17, 15) is 43.2 Å². The van der Waals surface area contributed by atoms with Gasteiger partial charge < -0.3 is 33.8 Å². The summed E-state index contributed by atoms with van der Waals surface area (Å²) in [5, 5.41) is 10.6. The van der Waals surface area contributed by atoms with Crippen LogP contribution in [0.1, 0.15) is 374 Å². The van der Waals surface area contributed by atoms with Crippen LogP contribution < -0.4 is 0 Å². The zero-order valence-electron chi connectivity index (χ0n) is 58.1. The molecule has 5 atom stereocenters. The Balaban J connectivity index is 5.22. The van der Waals surface area contributed by atoms with Gasteiger partial charge >= 0.3 is 39.5 Å². The Morgan fingerprint density at radius 3 is 0.656 bits per heavy atom. The average molecular weight is 1330 g/mol. The molecule has 0 rings (SSSR count). The lowest BCUT2D eigenvalue weighted by molar-refractivity contribution is -0.161. The van der Waals surface area contributed by atoms with E-state index < -0.39 is 97.5 Å². The topological polar surface area (TPSA) is 237 Å². The molecule has 0 saturated heterocycles. The number of phosphoric ester groups is 2. The van der Waals surface area contributed by atoms with Gasteiger partial charge in [-0.3, -0.25) is 37.3 Å². The molecule has 0 bridgehead atoms. The molecule has 0 aliphatic carbocycles. The van der Waals surface area contributed by atoms with E-state index in [1.54, 1.807) is 0 Å². The minimum absolute atomic E-state index is 0.107. The van der Waals surface area contributed by atoms with Crippen molar-refractivity contribution in [3.63, 3.8) is 0 Å². The lowest BCUT2D eigenvalue weighted by Crippen LogP contribution is -2.30. The molecule has 2 unspecified atom stereocenters. The Kier molecular flexibility index (Phi) is 64.3. The lowest BCUT2D eigenvalue weighted by Gasteiger charge is -2.21. The normalized spacial score (nSPS) is 14.0. The zero-order chi connectivity index (χ0) is 66.1. The van der Waals surface area contributed by atoms with Crippen molar-refractivity contribution >= 4 is 39.5 Å². The number of aliphatic hydroxyl groups excluding tert-OH is 1. The standard InChI is InChI=1S/C71H138O17P2/c1-5-9-13-17-21-25-29-31-33-34-36-38-42-46-50-54-58-71(76)88-67(62-82-69(74)56-52-48-44-41-37-35-32-30-26-22-18-14-10-6-2)64-86-90(79,80)84-60-65(72)59-83-89(77,78)85-63-66(87-70(75)57-53-49-45-40-28-24-20-16-12-8-4)61-81-68(73)55-51-47-43-39-27-23-19-15-11-7-3/h65-67,72H,5-64H2,1-4H3,(H,77,78)(H,79,80)/t65-,66+,67+/m0/s1. The number of carbonyl (C=O) groups excluding carboxylic acids is 4. The maximum Gasteiger partial charge on any atom is 0.472 e. The highest BCUT2D eigenvalue weighted by molar-refractivity contribution is 7.47. The summed E-state index contributed by atoms with van der Waals surface area (Å²) >= 11 is 0. The van der Waals surface area contributed by atoms with Crippen molar-refractivity contribution in [1.82, 2.24) is 0 Å². The van der Waals surface area contributed by atoms with Gasteiger partial charge in [0.05, 0.1) is 26.4 Å². The van der Waals surface area contributed by atoms with Crippen LogP contribution in [0.3, 0.4) is 0 Å². The highest BCUT2D eigenvalue weighted by Crippen LogP contribution is 2.45. The number of carbonyl (C=O) groups is 4. The van der Waals surface area contributed by atoms with Crippen molar-refractivity contribution in [2.24, 2.45) is 0 Å². The number of ether oxygens (including phenoxy) is 4. The van der Waals surface area contributed by atoms with E-state index in [-0.39, 0.29) is 25.7 Å². The van der Waals surface area contributed by atoms with Crippen LogP contribution in [0.15, 0.2) is 0 Å². The molecule has 0 amide bonds. The van der Waals surface area contributed by atoms with Gasteiger partial charge in [-0.1, -0.05) is 323 Å². The van der Waals surface area contributed by atoms with Gasteiger partial charge in [0.25, 0.3) is 0 Å². The first-order valence-corrected chi connectivity index (χ1v) is 40.3. The monoisotopic (exact) mass is 1320 g/mol. The van der Waals surface area contributed by atoms with Gasteiger partial charge in [0, 0.05) is 25.7 Å². The van der Waals surface area contributed by atoms with Crippen LogP contribution >= 0.6 is 15.6 Å². The SMILES string of the molecule is CCCCCCCCCCCCCCCCCCC(=O)O[C@H](COC(=O)CCCCCCCCCCCCCCCC)COP(=O)(O)OC[C@@H](O)COP(=O)(O)OC[C@@H](COC(=O)CCCCCCCCCCCC)OC(=O)CCCCCCCCCCCC. The highest BCUT2D eigenvalue weighted by atomic mass is 31.2. The maximum atomic E-state index is 13.0. The molecule has 90 heavy (non-hydrogen) atoms. The Morgan fingerprint density at radius 2 is 0.444 bits per heavy atom. The molecule has 0 aliphatic heterocycles. The number of rotatable bonds is 72. The third-order valence-electron chi connectivity index (χ3n) is 16.6. The van der Waals surface area contributed by atoms with E-state index in [1.165, 1.54) is 205 Å². The van der Waals surface area contributed by atoms with Gasteiger partial charge in [-0.2, -0.15) is 0 Å². The molecule has 0 saturated carbocycles. The fourth-order valence-corrected chi connectivity index (χ4v) is 12.4. The van der Waals surface area contributed by atoms with Crippen molar-refractivity contribution in [1.29, 1.82) is 0 Å². The van der Waals surface area contributed by atoms with Crippen LogP contribution in [0, 0.1) is 0 Å². The predicted molar refractivity (Wildman–Crippen MR) is 363 cm³/mol. The van der Waals surface area contributed by atoms with Gasteiger partial charge in [0.1, 0.15) is 19.3 Å². The first-order valence-electron chi connectivity index (χ1n) is 37.3. The Hall–Kier alpha value is -1.94. The number of hydrogen-bond donors (Lipinski definition) is 3. The highest BCUT2D eigenvalue weighted by Gasteiger charge is 2.30. The summed E-state index contributed by atoms with van der Waals surface area (Å²) < 4.78 is 68.3. The van der Waals surface area contributed by atoms with Gasteiger partial charge in [-0.15, -0.1) is 0 Å². The lowest BCUT2D eigenvalue weighted by atomic mass is 10.0. The van der Waals surface area contributed by atoms with Crippen LogP contribution in [-0.2, 0) is 65.4 Å². The first kappa shape index (κ1) is 88.1. The van der Waals surface area contributed by atoms with Crippen molar-refractivity contribution in [2.45, 2.75) is 393 Å². The fourth-order valence-electron chi connectivity index (χ4n) is 10.9. The summed E-state index contributed by atoms with van der Waals surface area (Å²) in [5.74, 6) is -2.12. The minimum Gasteiger partial charge on any atom is -0.462 e. The molecule has 0 aromatic carbocycles. The van der Waals surface area contributed by atoms with Crippen LogP contribution in [0.4, 0.5) is 0 Å². The van der Waals surface area contributed by atoms with E-state index in [4.69, 9.17) is 37.0 Å².